The summed E-state index contributed by atoms with van der Waals surface area (Å²) < 4.78 is 13.2. The molecule has 5 heteroatoms. The predicted molar refractivity (Wildman–Crippen MR) is 106 cm³/mol. The van der Waals surface area contributed by atoms with Crippen molar-refractivity contribution in [1.29, 1.82) is 0 Å². The van der Waals surface area contributed by atoms with Crippen LogP contribution in [-0.4, -0.2) is 36.0 Å². The number of rotatable bonds is 6. The molecule has 0 radical (unpaired) electrons. The highest BCUT2D eigenvalue weighted by molar-refractivity contribution is 5.73. The van der Waals surface area contributed by atoms with Crippen molar-refractivity contribution in [2.24, 2.45) is 0 Å². The molecule has 1 aliphatic rings. The fraction of sp³-hybridized carbons (Fsp3) is 0.409. The fourth-order valence-electron chi connectivity index (χ4n) is 3.43. The van der Waals surface area contributed by atoms with E-state index in [-0.39, 0.29) is 11.8 Å². The highest BCUT2D eigenvalue weighted by Gasteiger charge is 2.11. The molecule has 0 atom stereocenters. The predicted octanol–water partition coefficient (Wildman–Crippen LogP) is 4.15. The lowest BCUT2D eigenvalue weighted by Gasteiger charge is -2.26. The largest absolute Gasteiger partial charge is 0.334 e. The number of carbonyl (C=O) groups is 1. The molecule has 2 aromatic rings. The third-order valence-electron chi connectivity index (χ3n) is 4.98. The van der Waals surface area contributed by atoms with Crippen LogP contribution in [0, 0.1) is 5.82 Å². The van der Waals surface area contributed by atoms with Gasteiger partial charge in [0.1, 0.15) is 5.82 Å². The number of hydrogen-bond acceptors (Lipinski definition) is 2. The van der Waals surface area contributed by atoms with Gasteiger partial charge in [0.25, 0.3) is 0 Å². The molecule has 2 amide bonds. The molecule has 0 aromatic heterocycles. The van der Waals surface area contributed by atoms with Gasteiger partial charge in [-0.1, -0.05) is 42.8 Å². The summed E-state index contributed by atoms with van der Waals surface area (Å²) in [5.74, 6) is -0.286. The lowest BCUT2D eigenvalue weighted by Crippen LogP contribution is -2.36. The highest BCUT2D eigenvalue weighted by Crippen LogP contribution is 2.14. The maximum absolute atomic E-state index is 13.2. The Kier molecular flexibility index (Phi) is 6.82. The van der Waals surface area contributed by atoms with E-state index in [1.165, 1.54) is 50.0 Å². The van der Waals surface area contributed by atoms with E-state index in [0.717, 1.165) is 17.7 Å². The third kappa shape index (κ3) is 6.07. The normalized spacial score (nSPS) is 14.7. The van der Waals surface area contributed by atoms with Crippen LogP contribution in [0.25, 0.3) is 0 Å². The van der Waals surface area contributed by atoms with Gasteiger partial charge in [-0.25, -0.2) is 9.18 Å². The lowest BCUT2D eigenvalue weighted by molar-refractivity contribution is 0.206. The number of amides is 2. The van der Waals surface area contributed by atoms with Gasteiger partial charge >= 0.3 is 6.03 Å². The number of benzene rings is 2. The summed E-state index contributed by atoms with van der Waals surface area (Å²) >= 11 is 0. The van der Waals surface area contributed by atoms with Crippen molar-refractivity contribution in [3.8, 4) is 0 Å². The van der Waals surface area contributed by atoms with Crippen LogP contribution in [0.4, 0.5) is 9.18 Å². The van der Waals surface area contributed by atoms with Crippen LogP contribution in [-0.2, 0) is 19.6 Å². The molecule has 0 saturated carbocycles. The van der Waals surface area contributed by atoms with E-state index in [9.17, 15) is 9.18 Å². The molecule has 2 aromatic carbocycles. The van der Waals surface area contributed by atoms with Gasteiger partial charge in [-0.3, -0.25) is 4.90 Å². The number of urea groups is 1. The van der Waals surface area contributed by atoms with E-state index in [4.69, 9.17) is 0 Å². The van der Waals surface area contributed by atoms with Crippen molar-refractivity contribution in [3.63, 3.8) is 0 Å². The molecule has 144 valence electrons. The maximum Gasteiger partial charge on any atom is 0.317 e. The van der Waals surface area contributed by atoms with Gasteiger partial charge in [-0.05, 0) is 54.8 Å². The zero-order valence-corrected chi connectivity index (χ0v) is 16.0. The zero-order chi connectivity index (χ0) is 19.1. The Bertz CT molecular complexity index is 741. The fourth-order valence-corrected chi connectivity index (χ4v) is 3.43. The molecule has 0 bridgehead atoms. The molecule has 1 saturated heterocycles. The Hall–Kier alpha value is -2.40. The number of nitrogens with one attached hydrogen (secondary N) is 1. The van der Waals surface area contributed by atoms with Crippen molar-refractivity contribution < 1.29 is 9.18 Å². The van der Waals surface area contributed by atoms with Gasteiger partial charge < -0.3 is 10.2 Å². The minimum absolute atomic E-state index is 0.170. The topological polar surface area (TPSA) is 35.6 Å². The second-order valence-electron chi connectivity index (χ2n) is 7.30. The number of piperidine rings is 1. The Morgan fingerprint density at radius 2 is 1.74 bits per heavy atom. The monoisotopic (exact) mass is 369 g/mol. The summed E-state index contributed by atoms with van der Waals surface area (Å²) in [5, 5.41) is 2.92. The molecule has 3 rings (SSSR count). The van der Waals surface area contributed by atoms with Gasteiger partial charge in [-0.15, -0.1) is 0 Å². The van der Waals surface area contributed by atoms with E-state index in [1.807, 2.05) is 6.07 Å². The standard InChI is InChI=1S/C22H28FN3O/c1-25(16-20-6-5-7-21(23)14-20)22(27)24-15-18-8-10-19(11-9-18)17-26-12-3-2-4-13-26/h5-11,14H,2-4,12-13,15-17H2,1H3,(H,24,27). The molecule has 1 N–H and O–H groups in total. The summed E-state index contributed by atoms with van der Waals surface area (Å²) in [6.45, 7) is 4.24. The third-order valence-corrected chi connectivity index (χ3v) is 4.98. The first-order chi connectivity index (χ1) is 13.1. The van der Waals surface area contributed by atoms with Crippen molar-refractivity contribution in [1.82, 2.24) is 15.1 Å². The van der Waals surface area contributed by atoms with Gasteiger partial charge in [-0.2, -0.15) is 0 Å². The van der Waals surface area contributed by atoms with Crippen LogP contribution in [0.3, 0.4) is 0 Å². The Balaban J connectivity index is 1.45. The quantitative estimate of drug-likeness (QED) is 0.830. The summed E-state index contributed by atoms with van der Waals surface area (Å²) in [4.78, 5) is 16.3. The summed E-state index contributed by atoms with van der Waals surface area (Å²) in [6, 6.07) is 14.6. The van der Waals surface area contributed by atoms with E-state index in [1.54, 1.807) is 18.0 Å². The first kappa shape index (κ1) is 19.4. The molecule has 4 nitrogen and oxygen atoms in total. The second-order valence-corrected chi connectivity index (χ2v) is 7.30. The van der Waals surface area contributed by atoms with Crippen LogP contribution in [0.5, 0.6) is 0 Å². The van der Waals surface area contributed by atoms with Gasteiger partial charge in [0, 0.05) is 26.7 Å². The van der Waals surface area contributed by atoms with Crippen molar-refractivity contribution >= 4 is 6.03 Å². The first-order valence-corrected chi connectivity index (χ1v) is 9.64. The zero-order valence-electron chi connectivity index (χ0n) is 16.0. The number of hydrogen-bond donors (Lipinski definition) is 1. The molecule has 1 heterocycles. The van der Waals surface area contributed by atoms with Crippen molar-refractivity contribution in [2.45, 2.75) is 38.9 Å². The van der Waals surface area contributed by atoms with E-state index in [2.05, 4.69) is 34.5 Å². The molecule has 0 spiro atoms. The number of likely N-dealkylation sites (tertiary alicyclic amines) is 1. The van der Waals surface area contributed by atoms with Gasteiger partial charge in [0.05, 0.1) is 0 Å². The Labute approximate surface area is 161 Å². The minimum Gasteiger partial charge on any atom is -0.334 e. The molecular weight excluding hydrogens is 341 g/mol. The van der Waals surface area contributed by atoms with E-state index >= 15 is 0 Å². The SMILES string of the molecule is CN(Cc1cccc(F)c1)C(=O)NCc1ccc(CN2CCCCC2)cc1. The molecule has 0 aliphatic carbocycles. The van der Waals surface area contributed by atoms with Crippen LogP contribution < -0.4 is 5.32 Å². The summed E-state index contributed by atoms with van der Waals surface area (Å²) in [5.41, 5.74) is 3.16. The number of halogens is 1. The van der Waals surface area contributed by atoms with Crippen LogP contribution in [0.2, 0.25) is 0 Å². The first-order valence-electron chi connectivity index (χ1n) is 9.64. The minimum atomic E-state index is -0.286. The van der Waals surface area contributed by atoms with Gasteiger partial charge in [0.15, 0.2) is 0 Å². The molecule has 1 aliphatic heterocycles. The average molecular weight is 369 g/mol. The van der Waals surface area contributed by atoms with Crippen LogP contribution in [0.15, 0.2) is 48.5 Å². The molecule has 27 heavy (non-hydrogen) atoms. The number of carbonyl (C=O) groups excluding carboxylic acids is 1. The lowest BCUT2D eigenvalue weighted by atomic mass is 10.1. The molecule has 1 fully saturated rings. The van der Waals surface area contributed by atoms with E-state index in [0.29, 0.717) is 13.1 Å². The number of nitrogens with zero attached hydrogens (tertiary/aromatic N) is 2. The molecule has 0 unspecified atom stereocenters. The van der Waals surface area contributed by atoms with Crippen LogP contribution >= 0.6 is 0 Å². The highest BCUT2D eigenvalue weighted by atomic mass is 19.1. The Morgan fingerprint density at radius 1 is 1.04 bits per heavy atom. The van der Waals surface area contributed by atoms with Crippen molar-refractivity contribution in [2.75, 3.05) is 20.1 Å². The van der Waals surface area contributed by atoms with Crippen LogP contribution in [0.1, 0.15) is 36.0 Å². The van der Waals surface area contributed by atoms with E-state index < -0.39 is 0 Å². The second kappa shape index (κ2) is 9.51. The smallest absolute Gasteiger partial charge is 0.317 e. The molecular formula is C22H28FN3O. The van der Waals surface area contributed by atoms with Gasteiger partial charge in [0.2, 0.25) is 0 Å². The maximum atomic E-state index is 13.2. The Morgan fingerprint density at radius 3 is 2.44 bits per heavy atom. The summed E-state index contributed by atoms with van der Waals surface area (Å²) in [6.07, 6.45) is 3.95. The summed E-state index contributed by atoms with van der Waals surface area (Å²) in [7, 11) is 1.71. The average Bonchev–Trinajstić information content (AvgIpc) is 2.68. The van der Waals surface area contributed by atoms with Crippen molar-refractivity contribution in [3.05, 3.63) is 71.0 Å².